The highest BCUT2D eigenvalue weighted by atomic mass is 35.5. The molecule has 10 nitrogen and oxygen atoms in total. The second kappa shape index (κ2) is 18.9. The number of halogens is 6. The van der Waals surface area contributed by atoms with E-state index in [-0.39, 0.29) is 0 Å². The SMILES string of the molecule is Cc1ccc(-c2nsc(N3CCN(CCc4ccc(F)c(F)c4)CC3)n2)cn1.FC(F)(F)c1cccc(CCN2CCN(c3nc(-c4cncc(Cl)c4)ns3)CC2)c1. The number of anilines is 2. The van der Waals surface area contributed by atoms with Crippen LogP contribution < -0.4 is 9.80 Å². The van der Waals surface area contributed by atoms with Crippen LogP contribution in [0.3, 0.4) is 0 Å². The Balaban J connectivity index is 0.000000177. The van der Waals surface area contributed by atoms with Gasteiger partial charge in [-0.15, -0.1) is 0 Å². The molecule has 4 aromatic heterocycles. The summed E-state index contributed by atoms with van der Waals surface area (Å²) in [5.74, 6) is -0.251. The van der Waals surface area contributed by atoms with E-state index in [1.165, 1.54) is 47.3 Å². The highest BCUT2D eigenvalue weighted by molar-refractivity contribution is 7.10. The van der Waals surface area contributed by atoms with E-state index < -0.39 is 23.4 Å². The summed E-state index contributed by atoms with van der Waals surface area (Å²) in [6.07, 6.45) is 2.05. The summed E-state index contributed by atoms with van der Waals surface area (Å²) < 4.78 is 73.8. The Kier molecular flexibility index (Phi) is 13.5. The van der Waals surface area contributed by atoms with Gasteiger partial charge in [0.1, 0.15) is 0 Å². The van der Waals surface area contributed by atoms with Gasteiger partial charge in [-0.1, -0.05) is 35.9 Å². The molecule has 8 rings (SSSR count). The lowest BCUT2D eigenvalue weighted by molar-refractivity contribution is -0.137. The summed E-state index contributed by atoms with van der Waals surface area (Å²) >= 11 is 8.74. The number of pyridine rings is 2. The van der Waals surface area contributed by atoms with Crippen LogP contribution >= 0.6 is 34.7 Å². The van der Waals surface area contributed by atoms with Crippen LogP contribution in [0.2, 0.25) is 5.02 Å². The molecule has 18 heteroatoms. The lowest BCUT2D eigenvalue weighted by Crippen LogP contribution is -2.47. The smallest absolute Gasteiger partial charge is 0.344 e. The van der Waals surface area contributed by atoms with Gasteiger partial charge in [-0.2, -0.15) is 31.9 Å². The first-order valence-corrected chi connectivity index (χ1v) is 20.7. The fraction of sp³-hybridized carbons (Fsp3) is 0.350. The molecule has 0 N–H and O–H groups in total. The molecule has 0 aliphatic carbocycles. The van der Waals surface area contributed by atoms with E-state index >= 15 is 0 Å². The summed E-state index contributed by atoms with van der Waals surface area (Å²) in [7, 11) is 0. The molecular weight excluding hydrogens is 815 g/mol. The van der Waals surface area contributed by atoms with Gasteiger partial charge in [0, 0.05) is 124 Å². The standard InChI is InChI=1S/C20H19ClF3N5S.C20H21F2N5S/c21-17-11-15(12-25-13-17)18-26-19(30-27-18)29-8-6-28(7-9-29)5-4-14-2-1-3-16(10-14)20(22,23)24;1-14-2-4-16(13-23-14)19-24-20(28-25-19)27-10-8-26(9-11-27)7-6-15-3-5-17(21)18(22)12-15/h1-3,10-13H,4-9H2;2-5,12-13H,6-11H2,1H3. The molecule has 0 atom stereocenters. The van der Waals surface area contributed by atoms with Gasteiger partial charge in [0.25, 0.3) is 0 Å². The molecule has 2 aliphatic heterocycles. The van der Waals surface area contributed by atoms with Gasteiger partial charge >= 0.3 is 6.18 Å². The molecule has 6 aromatic rings. The summed E-state index contributed by atoms with van der Waals surface area (Å²) in [6.45, 7) is 10.3. The molecule has 58 heavy (non-hydrogen) atoms. The van der Waals surface area contributed by atoms with E-state index in [1.807, 2.05) is 19.1 Å². The van der Waals surface area contributed by atoms with Crippen LogP contribution in [0.25, 0.3) is 22.8 Å². The van der Waals surface area contributed by atoms with Crippen LogP contribution in [0, 0.1) is 18.6 Å². The maximum Gasteiger partial charge on any atom is 0.416 e. The van der Waals surface area contributed by atoms with E-state index in [4.69, 9.17) is 11.6 Å². The third-order valence-electron chi connectivity index (χ3n) is 9.92. The minimum atomic E-state index is -4.30. The summed E-state index contributed by atoms with van der Waals surface area (Å²) in [5, 5.41) is 2.32. The van der Waals surface area contributed by atoms with Crippen molar-refractivity contribution < 1.29 is 22.0 Å². The maximum absolute atomic E-state index is 13.3. The first-order chi connectivity index (χ1) is 28.0. The fourth-order valence-electron chi connectivity index (χ4n) is 6.55. The van der Waals surface area contributed by atoms with Gasteiger partial charge in [-0.05, 0) is 67.3 Å². The third kappa shape index (κ3) is 11.1. The van der Waals surface area contributed by atoms with Gasteiger partial charge in [0.15, 0.2) is 23.3 Å². The lowest BCUT2D eigenvalue weighted by atomic mass is 10.1. The zero-order valence-electron chi connectivity index (χ0n) is 31.5. The zero-order chi connectivity index (χ0) is 40.6. The largest absolute Gasteiger partial charge is 0.416 e. The summed E-state index contributed by atoms with van der Waals surface area (Å²) in [6, 6.07) is 15.4. The topological polar surface area (TPSA) is 90.3 Å². The molecule has 2 fully saturated rings. The lowest BCUT2D eigenvalue weighted by Gasteiger charge is -2.34. The van der Waals surface area contributed by atoms with Crippen molar-refractivity contribution in [3.8, 4) is 22.8 Å². The number of hydrogen-bond donors (Lipinski definition) is 0. The highest BCUT2D eigenvalue weighted by Gasteiger charge is 2.30. The minimum Gasteiger partial charge on any atom is -0.344 e. The van der Waals surface area contributed by atoms with Crippen molar-refractivity contribution in [3.63, 3.8) is 0 Å². The van der Waals surface area contributed by atoms with Crippen LogP contribution in [0.4, 0.5) is 32.2 Å². The van der Waals surface area contributed by atoms with Crippen molar-refractivity contribution in [3.05, 3.63) is 118 Å². The predicted octanol–water partition coefficient (Wildman–Crippen LogP) is 8.19. The monoisotopic (exact) mass is 854 g/mol. The first-order valence-electron chi connectivity index (χ1n) is 18.7. The molecule has 2 aliphatic rings. The molecular formula is C40H40ClF5N10S2. The average molecular weight is 855 g/mol. The fourth-order valence-corrected chi connectivity index (χ4v) is 8.21. The number of aryl methyl sites for hydroxylation is 1. The molecule has 2 aromatic carbocycles. The number of hydrogen-bond acceptors (Lipinski definition) is 12. The van der Waals surface area contributed by atoms with Gasteiger partial charge in [0.2, 0.25) is 10.3 Å². The summed E-state index contributed by atoms with van der Waals surface area (Å²) in [4.78, 5) is 26.7. The van der Waals surface area contributed by atoms with E-state index in [0.717, 1.165) is 104 Å². The van der Waals surface area contributed by atoms with Crippen molar-refractivity contribution in [2.24, 2.45) is 0 Å². The maximum atomic E-state index is 13.3. The number of nitrogens with zero attached hydrogens (tertiary/aromatic N) is 10. The Morgan fingerprint density at radius 1 is 0.655 bits per heavy atom. The van der Waals surface area contributed by atoms with E-state index in [1.54, 1.807) is 36.8 Å². The van der Waals surface area contributed by atoms with Crippen LogP contribution in [-0.2, 0) is 19.0 Å². The Morgan fingerprint density at radius 3 is 1.81 bits per heavy atom. The van der Waals surface area contributed by atoms with Gasteiger partial charge in [-0.3, -0.25) is 19.8 Å². The highest BCUT2D eigenvalue weighted by Crippen LogP contribution is 2.30. The molecule has 0 saturated carbocycles. The molecule has 2 saturated heterocycles. The normalized spacial score (nSPS) is 15.4. The molecule has 304 valence electrons. The number of rotatable bonds is 10. The molecule has 0 radical (unpaired) electrons. The van der Waals surface area contributed by atoms with E-state index in [0.29, 0.717) is 35.1 Å². The van der Waals surface area contributed by atoms with Gasteiger partial charge in [-0.25, -0.2) is 8.78 Å². The molecule has 6 heterocycles. The van der Waals surface area contributed by atoms with Crippen LogP contribution in [0.15, 0.2) is 79.3 Å². The van der Waals surface area contributed by atoms with Crippen molar-refractivity contribution >= 4 is 44.9 Å². The van der Waals surface area contributed by atoms with Gasteiger partial charge < -0.3 is 9.80 Å². The number of piperazine rings is 2. The van der Waals surface area contributed by atoms with Crippen molar-refractivity contribution in [1.29, 1.82) is 0 Å². The Morgan fingerprint density at radius 2 is 1.26 bits per heavy atom. The van der Waals surface area contributed by atoms with Crippen molar-refractivity contribution in [1.82, 2.24) is 38.5 Å². The quantitative estimate of drug-likeness (QED) is 0.126. The molecule has 0 amide bonds. The van der Waals surface area contributed by atoms with E-state index in [2.05, 4.69) is 48.3 Å². The van der Waals surface area contributed by atoms with Crippen LogP contribution in [0.5, 0.6) is 0 Å². The zero-order valence-corrected chi connectivity index (χ0v) is 33.9. The summed E-state index contributed by atoms with van der Waals surface area (Å²) in [5.41, 5.74) is 3.62. The molecule has 0 unspecified atom stereocenters. The van der Waals surface area contributed by atoms with Crippen LogP contribution in [-0.4, -0.2) is 104 Å². The third-order valence-corrected chi connectivity index (χ3v) is 11.7. The molecule has 0 bridgehead atoms. The minimum absolute atomic E-state index is 0.540. The van der Waals surface area contributed by atoms with Gasteiger partial charge in [0.05, 0.1) is 10.6 Å². The Bertz CT molecular complexity index is 2260. The van der Waals surface area contributed by atoms with Crippen molar-refractivity contribution in [2.45, 2.75) is 25.9 Å². The molecule has 0 spiro atoms. The number of alkyl halides is 3. The first kappa shape index (κ1) is 41.5. The number of aromatic nitrogens is 6. The second-order valence-corrected chi connectivity index (χ2v) is 15.9. The van der Waals surface area contributed by atoms with Crippen molar-refractivity contribution in [2.75, 3.05) is 75.2 Å². The number of benzene rings is 2. The van der Waals surface area contributed by atoms with Crippen LogP contribution in [0.1, 0.15) is 22.4 Å². The predicted molar refractivity (Wildman–Crippen MR) is 219 cm³/mol. The Labute approximate surface area is 346 Å². The Hall–Kier alpha value is -4.68. The second-order valence-electron chi connectivity index (χ2n) is 14.0. The van der Waals surface area contributed by atoms with E-state index in [9.17, 15) is 22.0 Å². The average Bonchev–Trinajstić information content (AvgIpc) is 3.93.